The number of ether oxygens (including phenoxy) is 1. The summed E-state index contributed by atoms with van der Waals surface area (Å²) in [6.45, 7) is 2.16. The van der Waals surface area contributed by atoms with Crippen molar-refractivity contribution in [1.29, 1.82) is 0 Å². The molecule has 13 heavy (non-hydrogen) atoms. The molecular weight excluding hydrogens is 164 g/mol. The van der Waals surface area contributed by atoms with Gasteiger partial charge in [-0.1, -0.05) is 25.5 Å². The van der Waals surface area contributed by atoms with E-state index in [2.05, 4.69) is 19.1 Å². The first-order valence-corrected chi connectivity index (χ1v) is 5.17. The van der Waals surface area contributed by atoms with Crippen LogP contribution < -0.4 is 0 Å². The van der Waals surface area contributed by atoms with Gasteiger partial charge in [0.05, 0.1) is 0 Å². The molecular formula is C11H18O2. The lowest BCUT2D eigenvalue weighted by atomic mass is 10.1. The van der Waals surface area contributed by atoms with Gasteiger partial charge in [0, 0.05) is 12.8 Å². The van der Waals surface area contributed by atoms with Gasteiger partial charge in [0.2, 0.25) is 0 Å². The number of cyclic esters (lactones) is 1. The number of hydrogen-bond acceptors (Lipinski definition) is 2. The highest BCUT2D eigenvalue weighted by Gasteiger charge is 2.18. The van der Waals surface area contributed by atoms with E-state index in [-0.39, 0.29) is 12.1 Å². The molecule has 2 heteroatoms. The molecule has 0 bridgehead atoms. The minimum atomic E-state index is -0.0276. The van der Waals surface area contributed by atoms with Gasteiger partial charge in [0.1, 0.15) is 6.10 Å². The van der Waals surface area contributed by atoms with Crippen LogP contribution in [-0.4, -0.2) is 12.1 Å². The maximum Gasteiger partial charge on any atom is 0.306 e. The van der Waals surface area contributed by atoms with E-state index in [0.717, 1.165) is 25.7 Å². The molecule has 0 aromatic rings. The summed E-state index contributed by atoms with van der Waals surface area (Å²) < 4.78 is 5.18. The first-order chi connectivity index (χ1) is 6.33. The van der Waals surface area contributed by atoms with Crippen LogP contribution in [0.5, 0.6) is 0 Å². The second-order valence-electron chi connectivity index (χ2n) is 3.50. The highest BCUT2D eigenvalue weighted by atomic mass is 16.5. The molecule has 0 N–H and O–H groups in total. The second kappa shape index (κ2) is 5.79. The molecule has 0 aromatic heterocycles. The van der Waals surface area contributed by atoms with Gasteiger partial charge in [0.25, 0.3) is 0 Å². The van der Waals surface area contributed by atoms with Gasteiger partial charge in [-0.2, -0.15) is 0 Å². The molecule has 2 nitrogen and oxygen atoms in total. The molecule has 0 radical (unpaired) electrons. The lowest BCUT2D eigenvalue weighted by Crippen LogP contribution is -2.22. The topological polar surface area (TPSA) is 26.3 Å². The first kappa shape index (κ1) is 10.3. The van der Waals surface area contributed by atoms with E-state index in [1.54, 1.807) is 0 Å². The fourth-order valence-electron chi connectivity index (χ4n) is 1.48. The number of hydrogen-bond donors (Lipinski definition) is 0. The first-order valence-electron chi connectivity index (χ1n) is 5.17. The molecule has 0 aliphatic carbocycles. The average molecular weight is 182 g/mol. The van der Waals surface area contributed by atoms with Crippen molar-refractivity contribution in [2.45, 2.75) is 51.6 Å². The van der Waals surface area contributed by atoms with Crippen LogP contribution in [0.3, 0.4) is 0 Å². The van der Waals surface area contributed by atoms with E-state index in [1.165, 1.54) is 6.42 Å². The molecule has 0 saturated carbocycles. The van der Waals surface area contributed by atoms with Crippen molar-refractivity contribution in [3.63, 3.8) is 0 Å². The normalized spacial score (nSPS) is 23.5. The lowest BCUT2D eigenvalue weighted by Gasteiger charge is -2.20. The van der Waals surface area contributed by atoms with Crippen LogP contribution in [0.1, 0.15) is 45.4 Å². The van der Waals surface area contributed by atoms with Crippen molar-refractivity contribution < 1.29 is 9.53 Å². The van der Waals surface area contributed by atoms with E-state index in [4.69, 9.17) is 4.74 Å². The Balaban J connectivity index is 2.16. The fourth-order valence-corrected chi connectivity index (χ4v) is 1.48. The number of esters is 1. The standard InChI is InChI=1S/C11H18O2/c1-2-3-4-5-7-10-8-6-9-11(12)13-10/h4-5,10H,2-3,6-9H2,1H3. The van der Waals surface area contributed by atoms with Crippen LogP contribution in [0.25, 0.3) is 0 Å². The van der Waals surface area contributed by atoms with Crippen LogP contribution in [0.4, 0.5) is 0 Å². The Kier molecular flexibility index (Phi) is 4.58. The molecule has 1 aliphatic heterocycles. The van der Waals surface area contributed by atoms with E-state index < -0.39 is 0 Å². The third-order valence-electron chi connectivity index (χ3n) is 2.23. The Bertz CT molecular complexity index is 185. The summed E-state index contributed by atoms with van der Waals surface area (Å²) in [6.07, 6.45) is 10.3. The fraction of sp³-hybridized carbons (Fsp3) is 0.727. The van der Waals surface area contributed by atoms with Gasteiger partial charge in [-0.25, -0.2) is 0 Å². The third-order valence-corrected chi connectivity index (χ3v) is 2.23. The number of rotatable bonds is 4. The summed E-state index contributed by atoms with van der Waals surface area (Å²) in [5.41, 5.74) is 0. The number of carbonyl (C=O) groups excluding carboxylic acids is 1. The minimum Gasteiger partial charge on any atom is -0.462 e. The quantitative estimate of drug-likeness (QED) is 0.493. The van der Waals surface area contributed by atoms with Gasteiger partial charge in [0.15, 0.2) is 0 Å². The van der Waals surface area contributed by atoms with Crippen LogP contribution in [0, 0.1) is 0 Å². The molecule has 1 saturated heterocycles. The smallest absolute Gasteiger partial charge is 0.306 e. The zero-order valence-electron chi connectivity index (χ0n) is 8.29. The summed E-state index contributed by atoms with van der Waals surface area (Å²) in [5, 5.41) is 0. The minimum absolute atomic E-state index is 0.0276. The largest absolute Gasteiger partial charge is 0.462 e. The van der Waals surface area contributed by atoms with Crippen LogP contribution in [0.2, 0.25) is 0 Å². The molecule has 0 amide bonds. The van der Waals surface area contributed by atoms with Crippen molar-refractivity contribution in [3.05, 3.63) is 12.2 Å². The van der Waals surface area contributed by atoms with Crippen molar-refractivity contribution in [2.24, 2.45) is 0 Å². The predicted octanol–water partition coefficient (Wildman–Crippen LogP) is 2.83. The Morgan fingerprint density at radius 3 is 3.08 bits per heavy atom. The molecule has 1 aliphatic rings. The average Bonchev–Trinajstić information content (AvgIpc) is 2.13. The summed E-state index contributed by atoms with van der Waals surface area (Å²) in [4.78, 5) is 10.9. The summed E-state index contributed by atoms with van der Waals surface area (Å²) in [7, 11) is 0. The Morgan fingerprint density at radius 2 is 2.38 bits per heavy atom. The van der Waals surface area contributed by atoms with Crippen molar-refractivity contribution in [3.8, 4) is 0 Å². The molecule has 1 unspecified atom stereocenters. The third kappa shape index (κ3) is 4.11. The maximum absolute atomic E-state index is 10.9. The number of carbonyl (C=O) groups is 1. The zero-order valence-corrected chi connectivity index (χ0v) is 8.29. The highest BCUT2D eigenvalue weighted by molar-refractivity contribution is 5.70. The van der Waals surface area contributed by atoms with E-state index >= 15 is 0 Å². The van der Waals surface area contributed by atoms with Crippen molar-refractivity contribution >= 4 is 5.97 Å². The molecule has 0 spiro atoms. The summed E-state index contributed by atoms with van der Waals surface area (Å²) >= 11 is 0. The number of allylic oxidation sites excluding steroid dienone is 1. The Hall–Kier alpha value is -0.790. The lowest BCUT2D eigenvalue weighted by molar-refractivity contribution is -0.153. The SMILES string of the molecule is CCCC=CCC1CCCC(=O)O1. The summed E-state index contributed by atoms with van der Waals surface area (Å²) in [5.74, 6) is -0.0276. The molecule has 74 valence electrons. The van der Waals surface area contributed by atoms with Crippen molar-refractivity contribution in [2.75, 3.05) is 0 Å². The maximum atomic E-state index is 10.9. The number of unbranched alkanes of at least 4 members (excludes halogenated alkanes) is 1. The van der Waals surface area contributed by atoms with Gasteiger partial charge in [-0.3, -0.25) is 4.79 Å². The molecule has 1 atom stereocenters. The van der Waals surface area contributed by atoms with Crippen LogP contribution in [-0.2, 0) is 9.53 Å². The Labute approximate surface area is 80.0 Å². The van der Waals surface area contributed by atoms with Gasteiger partial charge in [-0.15, -0.1) is 0 Å². The van der Waals surface area contributed by atoms with Gasteiger partial charge in [-0.05, 0) is 19.3 Å². The van der Waals surface area contributed by atoms with E-state index in [1.807, 2.05) is 0 Å². The molecule has 0 aromatic carbocycles. The van der Waals surface area contributed by atoms with Crippen LogP contribution in [0.15, 0.2) is 12.2 Å². The summed E-state index contributed by atoms with van der Waals surface area (Å²) in [6, 6.07) is 0. The van der Waals surface area contributed by atoms with Crippen LogP contribution >= 0.6 is 0 Å². The van der Waals surface area contributed by atoms with E-state index in [9.17, 15) is 4.79 Å². The monoisotopic (exact) mass is 182 g/mol. The van der Waals surface area contributed by atoms with Gasteiger partial charge >= 0.3 is 5.97 Å². The molecule has 1 heterocycles. The van der Waals surface area contributed by atoms with Crippen molar-refractivity contribution in [1.82, 2.24) is 0 Å². The Morgan fingerprint density at radius 1 is 1.54 bits per heavy atom. The predicted molar refractivity (Wildman–Crippen MR) is 52.4 cm³/mol. The molecule has 1 rings (SSSR count). The van der Waals surface area contributed by atoms with Gasteiger partial charge < -0.3 is 4.74 Å². The second-order valence-corrected chi connectivity index (χ2v) is 3.50. The molecule has 1 fully saturated rings. The van der Waals surface area contributed by atoms with E-state index in [0.29, 0.717) is 6.42 Å². The zero-order chi connectivity index (χ0) is 9.52. The highest BCUT2D eigenvalue weighted by Crippen LogP contribution is 2.17.